The lowest BCUT2D eigenvalue weighted by molar-refractivity contribution is -0.385. The maximum atomic E-state index is 13.8. The predicted octanol–water partition coefficient (Wildman–Crippen LogP) is 6.70. The summed E-state index contributed by atoms with van der Waals surface area (Å²) >= 11 is 0. The summed E-state index contributed by atoms with van der Waals surface area (Å²) in [5.74, 6) is 0.676. The van der Waals surface area contributed by atoms with Crippen molar-refractivity contribution < 1.29 is 19.2 Å². The Balaban J connectivity index is 1.51. The minimum atomic E-state index is -0.603. The minimum absolute atomic E-state index is 0.0817. The lowest BCUT2D eigenvalue weighted by Crippen LogP contribution is -2.21. The SMILES string of the molecule is CCOc1cc(C)c(-c2nc3ccccc3c(=O)n2N=Cc2ccc(OCC(=O)Nc3ccccc3)c([N+](=O)[O-])c2)cc1C(C)C. The first-order valence-corrected chi connectivity index (χ1v) is 14.8. The van der Waals surface area contributed by atoms with E-state index in [1.165, 1.54) is 23.0 Å². The van der Waals surface area contributed by atoms with E-state index in [2.05, 4.69) is 24.3 Å². The van der Waals surface area contributed by atoms with Crippen LogP contribution in [0.2, 0.25) is 0 Å². The Kier molecular flexibility index (Phi) is 9.51. The molecule has 1 aromatic heterocycles. The fourth-order valence-corrected chi connectivity index (χ4v) is 4.94. The Labute approximate surface area is 265 Å². The number of nitro groups is 1. The molecule has 5 rings (SSSR count). The zero-order chi connectivity index (χ0) is 32.8. The zero-order valence-electron chi connectivity index (χ0n) is 25.9. The van der Waals surface area contributed by atoms with E-state index >= 15 is 0 Å². The van der Waals surface area contributed by atoms with Crippen LogP contribution in [0.15, 0.2) is 94.8 Å². The highest BCUT2D eigenvalue weighted by Gasteiger charge is 2.20. The number of nitrogens with zero attached hydrogens (tertiary/aromatic N) is 4. The average molecular weight is 620 g/mol. The smallest absolute Gasteiger partial charge is 0.311 e. The van der Waals surface area contributed by atoms with Gasteiger partial charge in [-0.25, -0.2) is 4.98 Å². The lowest BCUT2D eigenvalue weighted by atomic mass is 9.96. The Bertz CT molecular complexity index is 2000. The van der Waals surface area contributed by atoms with Gasteiger partial charge in [0.05, 0.1) is 28.6 Å². The van der Waals surface area contributed by atoms with Crippen LogP contribution in [0.5, 0.6) is 11.5 Å². The highest BCUT2D eigenvalue weighted by Crippen LogP contribution is 2.34. The van der Waals surface area contributed by atoms with Gasteiger partial charge in [0.2, 0.25) is 0 Å². The number of aromatic nitrogens is 2. The molecule has 0 spiro atoms. The highest BCUT2D eigenvalue weighted by molar-refractivity contribution is 5.92. The molecule has 0 saturated heterocycles. The molecule has 1 heterocycles. The van der Waals surface area contributed by atoms with E-state index in [-0.39, 0.29) is 17.4 Å². The third-order valence-corrected chi connectivity index (χ3v) is 7.19. The summed E-state index contributed by atoms with van der Waals surface area (Å²) < 4.78 is 12.6. The number of nitro benzene ring substituents is 1. The number of rotatable bonds is 11. The Morgan fingerprint density at radius 3 is 2.48 bits per heavy atom. The molecule has 1 amide bonds. The van der Waals surface area contributed by atoms with Crippen LogP contribution in [-0.2, 0) is 4.79 Å². The summed E-state index contributed by atoms with van der Waals surface area (Å²) in [5, 5.41) is 19.5. The first-order valence-electron chi connectivity index (χ1n) is 14.8. The van der Waals surface area contributed by atoms with Crippen molar-refractivity contribution in [3.05, 3.63) is 122 Å². The minimum Gasteiger partial charge on any atom is -0.494 e. The number of nitrogens with one attached hydrogen (secondary N) is 1. The number of hydrogen-bond acceptors (Lipinski definition) is 8. The van der Waals surface area contributed by atoms with Gasteiger partial charge >= 0.3 is 5.69 Å². The predicted molar refractivity (Wildman–Crippen MR) is 178 cm³/mol. The maximum absolute atomic E-state index is 13.8. The fourth-order valence-electron chi connectivity index (χ4n) is 4.94. The maximum Gasteiger partial charge on any atom is 0.311 e. The molecule has 0 fully saturated rings. The van der Waals surface area contributed by atoms with E-state index in [9.17, 15) is 19.7 Å². The van der Waals surface area contributed by atoms with Gasteiger partial charge in [0.1, 0.15) is 5.75 Å². The van der Waals surface area contributed by atoms with Gasteiger partial charge in [-0.1, -0.05) is 44.2 Å². The van der Waals surface area contributed by atoms with Crippen molar-refractivity contribution in [2.45, 2.75) is 33.6 Å². The van der Waals surface area contributed by atoms with Crippen molar-refractivity contribution in [2.24, 2.45) is 5.10 Å². The third kappa shape index (κ3) is 6.94. The second-order valence-corrected chi connectivity index (χ2v) is 10.8. The first-order chi connectivity index (χ1) is 22.2. The van der Waals surface area contributed by atoms with Gasteiger partial charge in [0.25, 0.3) is 11.5 Å². The van der Waals surface area contributed by atoms with Crippen molar-refractivity contribution in [1.29, 1.82) is 0 Å². The average Bonchev–Trinajstić information content (AvgIpc) is 3.04. The number of carbonyl (C=O) groups is 1. The first kappa shape index (κ1) is 31.6. The second kappa shape index (κ2) is 13.9. The van der Waals surface area contributed by atoms with Crippen molar-refractivity contribution in [2.75, 3.05) is 18.5 Å². The highest BCUT2D eigenvalue weighted by atomic mass is 16.6. The summed E-state index contributed by atoms with van der Waals surface area (Å²) in [7, 11) is 0. The summed E-state index contributed by atoms with van der Waals surface area (Å²) in [6.07, 6.45) is 1.35. The molecule has 0 saturated carbocycles. The van der Waals surface area contributed by atoms with Crippen molar-refractivity contribution in [1.82, 2.24) is 9.66 Å². The van der Waals surface area contributed by atoms with Crippen LogP contribution in [0.3, 0.4) is 0 Å². The van der Waals surface area contributed by atoms with Gasteiger partial charge in [0.15, 0.2) is 18.2 Å². The zero-order valence-corrected chi connectivity index (χ0v) is 25.9. The van der Waals surface area contributed by atoms with Crippen molar-refractivity contribution in [3.63, 3.8) is 0 Å². The molecule has 1 N–H and O–H groups in total. The Hall–Kier alpha value is -5.84. The van der Waals surface area contributed by atoms with Crippen LogP contribution in [0.1, 0.15) is 43.4 Å². The fraction of sp³-hybridized carbons (Fsp3) is 0.200. The number of aryl methyl sites for hydroxylation is 1. The van der Waals surface area contributed by atoms with E-state index in [1.807, 2.05) is 38.1 Å². The van der Waals surface area contributed by atoms with E-state index in [1.54, 1.807) is 48.5 Å². The molecule has 11 heteroatoms. The molecule has 234 valence electrons. The van der Waals surface area contributed by atoms with Crippen molar-refractivity contribution in [3.8, 4) is 22.9 Å². The van der Waals surface area contributed by atoms with E-state index in [4.69, 9.17) is 14.5 Å². The quantitative estimate of drug-likeness (QED) is 0.0986. The molecule has 0 aliphatic rings. The molecule has 0 atom stereocenters. The Morgan fingerprint density at radius 1 is 1.02 bits per heavy atom. The number of benzene rings is 4. The monoisotopic (exact) mass is 619 g/mol. The standard InChI is InChI=1S/C35H33N5O6/c1-5-45-32-17-23(4)28(19-27(32)22(2)3)34-38-29-14-10-9-13-26(29)35(42)39(34)36-20-24-15-16-31(30(18-24)40(43)44)46-21-33(41)37-25-11-7-6-8-12-25/h6-20,22H,5,21H2,1-4H3,(H,37,41). The summed E-state index contributed by atoms with van der Waals surface area (Å²) in [5.41, 5.74) is 3.19. The van der Waals surface area contributed by atoms with Gasteiger partial charge in [-0.05, 0) is 79.4 Å². The number of ether oxygens (including phenoxy) is 2. The normalized spacial score (nSPS) is 11.2. The molecule has 0 radical (unpaired) electrons. The summed E-state index contributed by atoms with van der Waals surface area (Å²) in [6, 6.07) is 23.9. The number of anilines is 1. The van der Waals surface area contributed by atoms with Crippen LogP contribution in [0.25, 0.3) is 22.3 Å². The van der Waals surface area contributed by atoms with Crippen LogP contribution >= 0.6 is 0 Å². The molecule has 46 heavy (non-hydrogen) atoms. The largest absolute Gasteiger partial charge is 0.494 e. The molecular weight excluding hydrogens is 586 g/mol. The molecule has 4 aromatic carbocycles. The van der Waals surface area contributed by atoms with E-state index < -0.39 is 23.0 Å². The van der Waals surface area contributed by atoms with Gasteiger partial charge in [-0.2, -0.15) is 9.78 Å². The van der Waals surface area contributed by atoms with Gasteiger partial charge in [-0.3, -0.25) is 19.7 Å². The van der Waals surface area contributed by atoms with Gasteiger partial charge in [-0.15, -0.1) is 0 Å². The molecule has 0 aliphatic carbocycles. The number of hydrogen-bond donors (Lipinski definition) is 1. The number of amides is 1. The topological polar surface area (TPSA) is 138 Å². The number of para-hydroxylation sites is 2. The van der Waals surface area contributed by atoms with Crippen LogP contribution < -0.4 is 20.3 Å². The third-order valence-electron chi connectivity index (χ3n) is 7.19. The van der Waals surface area contributed by atoms with E-state index in [0.717, 1.165) is 16.9 Å². The molecule has 0 bridgehead atoms. The van der Waals surface area contributed by atoms with E-state index in [0.29, 0.717) is 40.1 Å². The summed E-state index contributed by atoms with van der Waals surface area (Å²) in [4.78, 5) is 42.3. The summed E-state index contributed by atoms with van der Waals surface area (Å²) in [6.45, 7) is 8.05. The van der Waals surface area contributed by atoms with Crippen molar-refractivity contribution >= 4 is 34.4 Å². The molecule has 0 aliphatic heterocycles. The van der Waals surface area contributed by atoms with Crippen LogP contribution in [-0.4, -0.2) is 39.9 Å². The number of carbonyl (C=O) groups excluding carboxylic acids is 1. The lowest BCUT2D eigenvalue weighted by Gasteiger charge is -2.18. The van der Waals surface area contributed by atoms with Gasteiger partial charge in [0, 0.05) is 22.9 Å². The number of fused-ring (bicyclic) bond motifs is 1. The van der Waals surface area contributed by atoms with Gasteiger partial charge < -0.3 is 14.8 Å². The molecule has 11 nitrogen and oxygen atoms in total. The van der Waals surface area contributed by atoms with Crippen LogP contribution in [0, 0.1) is 17.0 Å². The molecular formula is C35H33N5O6. The molecule has 5 aromatic rings. The second-order valence-electron chi connectivity index (χ2n) is 10.8. The molecule has 0 unspecified atom stereocenters. The Morgan fingerprint density at radius 2 is 1.76 bits per heavy atom. The van der Waals surface area contributed by atoms with Crippen LogP contribution in [0.4, 0.5) is 11.4 Å².